The van der Waals surface area contributed by atoms with Crippen molar-refractivity contribution in [2.24, 2.45) is 5.92 Å². The fourth-order valence-electron chi connectivity index (χ4n) is 2.82. The summed E-state index contributed by atoms with van der Waals surface area (Å²) < 4.78 is 0. The molecule has 1 amide bonds. The topological polar surface area (TPSA) is 70.2 Å². The van der Waals surface area contributed by atoms with Crippen molar-refractivity contribution in [3.05, 3.63) is 17.6 Å². The monoisotopic (exact) mass is 319 g/mol. The van der Waals surface area contributed by atoms with Gasteiger partial charge in [0.05, 0.1) is 12.2 Å². The van der Waals surface area contributed by atoms with Crippen molar-refractivity contribution in [3.8, 4) is 0 Å². The minimum absolute atomic E-state index is 0.158. The third kappa shape index (κ3) is 5.16. The van der Waals surface area contributed by atoms with Gasteiger partial charge in [-0.05, 0) is 25.3 Å². The van der Waals surface area contributed by atoms with Crippen LogP contribution in [0, 0.1) is 5.92 Å². The van der Waals surface area contributed by atoms with Gasteiger partial charge in [0.1, 0.15) is 11.6 Å². The molecule has 0 radical (unpaired) electrons. The molecule has 1 fully saturated rings. The highest BCUT2D eigenvalue weighted by Crippen LogP contribution is 2.22. The van der Waals surface area contributed by atoms with Crippen molar-refractivity contribution in [3.63, 3.8) is 0 Å². The summed E-state index contributed by atoms with van der Waals surface area (Å²) in [5.41, 5.74) is 0.893. The third-order valence-corrected chi connectivity index (χ3v) is 4.12. The standard InChI is InChI=1S/C17H29N5O/c1-12(2)8-16(23)22(4)11-14-9-15(18-3)21-17(20-14)13-6-5-7-19-10-13/h9,12-13,19H,5-8,10-11H2,1-4H3,(H,18,20,21). The summed E-state index contributed by atoms with van der Waals surface area (Å²) in [6, 6.07) is 1.93. The number of anilines is 1. The van der Waals surface area contributed by atoms with Gasteiger partial charge in [0.25, 0.3) is 0 Å². The van der Waals surface area contributed by atoms with Crippen molar-refractivity contribution < 1.29 is 4.79 Å². The molecular formula is C17H29N5O. The lowest BCUT2D eigenvalue weighted by molar-refractivity contribution is -0.131. The van der Waals surface area contributed by atoms with Crippen LogP contribution in [-0.4, -0.2) is 48.0 Å². The third-order valence-electron chi connectivity index (χ3n) is 4.12. The number of carbonyl (C=O) groups excluding carboxylic acids is 1. The molecule has 128 valence electrons. The van der Waals surface area contributed by atoms with Crippen LogP contribution < -0.4 is 10.6 Å². The summed E-state index contributed by atoms with van der Waals surface area (Å²) in [7, 11) is 3.70. The van der Waals surface area contributed by atoms with Gasteiger partial charge in [-0.1, -0.05) is 13.8 Å². The Balaban J connectivity index is 2.12. The first-order chi connectivity index (χ1) is 11.0. The van der Waals surface area contributed by atoms with Gasteiger partial charge in [0.2, 0.25) is 5.91 Å². The number of amides is 1. The van der Waals surface area contributed by atoms with Gasteiger partial charge in [-0.25, -0.2) is 9.97 Å². The average Bonchev–Trinajstić information content (AvgIpc) is 2.54. The van der Waals surface area contributed by atoms with Crippen molar-refractivity contribution in [1.29, 1.82) is 0 Å². The van der Waals surface area contributed by atoms with Gasteiger partial charge >= 0.3 is 0 Å². The Morgan fingerprint density at radius 1 is 1.48 bits per heavy atom. The van der Waals surface area contributed by atoms with E-state index in [-0.39, 0.29) is 5.91 Å². The van der Waals surface area contributed by atoms with Gasteiger partial charge in [0, 0.05) is 39.0 Å². The molecule has 0 aromatic carbocycles. The SMILES string of the molecule is CNc1cc(CN(C)C(=O)CC(C)C)nc(C2CCCNC2)n1. The van der Waals surface area contributed by atoms with Crippen LogP contribution in [0.4, 0.5) is 5.82 Å². The Morgan fingerprint density at radius 2 is 2.26 bits per heavy atom. The molecule has 1 aromatic rings. The Morgan fingerprint density at radius 3 is 2.87 bits per heavy atom. The fraction of sp³-hybridized carbons (Fsp3) is 0.706. The van der Waals surface area contributed by atoms with E-state index in [9.17, 15) is 4.79 Å². The number of nitrogens with zero attached hydrogens (tertiary/aromatic N) is 3. The van der Waals surface area contributed by atoms with Crippen molar-refractivity contribution in [1.82, 2.24) is 20.2 Å². The second kappa shape index (κ2) is 8.24. The van der Waals surface area contributed by atoms with E-state index in [1.165, 1.54) is 0 Å². The predicted octanol–water partition coefficient (Wildman–Crippen LogP) is 1.99. The molecule has 1 saturated heterocycles. The first-order valence-electron chi connectivity index (χ1n) is 8.50. The molecule has 2 rings (SSSR count). The highest BCUT2D eigenvalue weighted by Gasteiger charge is 2.20. The van der Waals surface area contributed by atoms with Gasteiger partial charge in [-0.2, -0.15) is 0 Å². The highest BCUT2D eigenvalue weighted by atomic mass is 16.2. The Kier molecular flexibility index (Phi) is 6.33. The zero-order valence-electron chi connectivity index (χ0n) is 14.7. The lowest BCUT2D eigenvalue weighted by Crippen LogP contribution is -2.30. The molecule has 1 aliphatic heterocycles. The molecule has 0 saturated carbocycles. The van der Waals surface area contributed by atoms with Crippen LogP contribution in [0.25, 0.3) is 0 Å². The zero-order chi connectivity index (χ0) is 16.8. The summed E-state index contributed by atoms with van der Waals surface area (Å²) in [5.74, 6) is 2.58. The van der Waals surface area contributed by atoms with E-state index in [1.807, 2.05) is 20.2 Å². The predicted molar refractivity (Wildman–Crippen MR) is 92.4 cm³/mol. The molecule has 2 N–H and O–H groups in total. The van der Waals surface area contributed by atoms with E-state index in [0.717, 1.165) is 43.3 Å². The fourth-order valence-corrected chi connectivity index (χ4v) is 2.82. The molecular weight excluding hydrogens is 290 g/mol. The van der Waals surface area contributed by atoms with Crippen LogP contribution in [0.5, 0.6) is 0 Å². The van der Waals surface area contributed by atoms with Crippen molar-refractivity contribution in [2.45, 2.75) is 45.6 Å². The quantitative estimate of drug-likeness (QED) is 0.839. The number of hydrogen-bond donors (Lipinski definition) is 2. The van der Waals surface area contributed by atoms with Gasteiger partial charge in [-0.15, -0.1) is 0 Å². The highest BCUT2D eigenvalue weighted by molar-refractivity contribution is 5.76. The van der Waals surface area contributed by atoms with E-state index in [4.69, 9.17) is 4.98 Å². The molecule has 23 heavy (non-hydrogen) atoms. The maximum absolute atomic E-state index is 12.2. The van der Waals surface area contributed by atoms with Crippen LogP contribution >= 0.6 is 0 Å². The number of aromatic nitrogens is 2. The summed E-state index contributed by atoms with van der Waals surface area (Å²) in [6.07, 6.45) is 2.83. The number of carbonyl (C=O) groups is 1. The summed E-state index contributed by atoms with van der Waals surface area (Å²) in [4.78, 5) is 23.2. The smallest absolute Gasteiger partial charge is 0.222 e. The largest absolute Gasteiger partial charge is 0.373 e. The average molecular weight is 319 g/mol. The van der Waals surface area contributed by atoms with Crippen molar-refractivity contribution >= 4 is 11.7 Å². The normalized spacial score (nSPS) is 18.0. The number of piperidine rings is 1. The van der Waals surface area contributed by atoms with Crippen molar-refractivity contribution in [2.75, 3.05) is 32.5 Å². The van der Waals surface area contributed by atoms with E-state index in [2.05, 4.69) is 29.5 Å². The first-order valence-corrected chi connectivity index (χ1v) is 8.50. The van der Waals surface area contributed by atoms with Crippen LogP contribution in [-0.2, 0) is 11.3 Å². The molecule has 1 atom stereocenters. The summed E-state index contributed by atoms with van der Waals surface area (Å²) >= 11 is 0. The van der Waals surface area contributed by atoms with Crippen LogP contribution in [0.3, 0.4) is 0 Å². The maximum Gasteiger partial charge on any atom is 0.222 e. The Hall–Kier alpha value is -1.69. The summed E-state index contributed by atoms with van der Waals surface area (Å²) in [5, 5.41) is 6.51. The minimum Gasteiger partial charge on any atom is -0.373 e. The van der Waals surface area contributed by atoms with Crippen LogP contribution in [0.15, 0.2) is 6.07 Å². The number of nitrogens with one attached hydrogen (secondary N) is 2. The van der Waals surface area contributed by atoms with Gasteiger partial charge < -0.3 is 15.5 Å². The molecule has 1 aliphatic rings. The molecule has 1 unspecified atom stereocenters. The van der Waals surface area contributed by atoms with E-state index < -0.39 is 0 Å². The lowest BCUT2D eigenvalue weighted by atomic mass is 9.99. The molecule has 6 nitrogen and oxygen atoms in total. The maximum atomic E-state index is 12.2. The Bertz CT molecular complexity index is 526. The summed E-state index contributed by atoms with van der Waals surface area (Å²) in [6.45, 7) is 6.64. The molecule has 2 heterocycles. The van der Waals surface area contributed by atoms with E-state index in [0.29, 0.717) is 24.8 Å². The number of hydrogen-bond acceptors (Lipinski definition) is 5. The van der Waals surface area contributed by atoms with Gasteiger partial charge in [-0.3, -0.25) is 4.79 Å². The first kappa shape index (κ1) is 17.7. The molecule has 0 bridgehead atoms. The molecule has 1 aromatic heterocycles. The Labute approximate surface area is 139 Å². The van der Waals surface area contributed by atoms with E-state index in [1.54, 1.807) is 4.90 Å². The van der Waals surface area contributed by atoms with Crippen LogP contribution in [0.1, 0.15) is 50.5 Å². The van der Waals surface area contributed by atoms with Crippen LogP contribution in [0.2, 0.25) is 0 Å². The molecule has 6 heteroatoms. The second-order valence-electron chi connectivity index (χ2n) is 6.74. The zero-order valence-corrected chi connectivity index (χ0v) is 14.7. The van der Waals surface area contributed by atoms with E-state index >= 15 is 0 Å². The number of rotatable bonds is 6. The second-order valence-corrected chi connectivity index (χ2v) is 6.74. The minimum atomic E-state index is 0.158. The molecule has 0 spiro atoms. The lowest BCUT2D eigenvalue weighted by Gasteiger charge is -2.23. The van der Waals surface area contributed by atoms with Gasteiger partial charge in [0.15, 0.2) is 0 Å². The molecule has 0 aliphatic carbocycles.